The largest absolute Gasteiger partial charge is 0.497 e. The molecule has 4 aromatic rings. The second kappa shape index (κ2) is 9.88. The Bertz CT molecular complexity index is 1290. The van der Waals surface area contributed by atoms with Crippen molar-refractivity contribution < 1.29 is 9.53 Å². The van der Waals surface area contributed by atoms with E-state index >= 15 is 0 Å². The third-order valence-electron chi connectivity index (χ3n) is 5.52. The van der Waals surface area contributed by atoms with Crippen LogP contribution < -0.4 is 4.74 Å². The minimum Gasteiger partial charge on any atom is -0.497 e. The van der Waals surface area contributed by atoms with Crippen LogP contribution in [0.4, 0.5) is 0 Å². The number of hydrogen-bond donors (Lipinski definition) is 1. The molecule has 0 spiro atoms. The number of hydrazone groups is 1. The van der Waals surface area contributed by atoms with Gasteiger partial charge in [0.25, 0.3) is 5.91 Å². The first-order chi connectivity index (χ1) is 16.7. The predicted molar refractivity (Wildman–Crippen MR) is 131 cm³/mol. The molecule has 0 bridgehead atoms. The number of ether oxygens (including phenoxy) is 1. The van der Waals surface area contributed by atoms with Crippen molar-refractivity contribution in [2.45, 2.75) is 17.6 Å². The summed E-state index contributed by atoms with van der Waals surface area (Å²) >= 11 is 1.28. The van der Waals surface area contributed by atoms with Crippen molar-refractivity contribution in [1.29, 1.82) is 0 Å². The van der Waals surface area contributed by atoms with E-state index in [0.717, 1.165) is 28.2 Å². The summed E-state index contributed by atoms with van der Waals surface area (Å²) in [4.78, 5) is 21.8. The molecule has 1 aliphatic heterocycles. The second-order valence-electron chi connectivity index (χ2n) is 7.64. The van der Waals surface area contributed by atoms with Gasteiger partial charge in [0.05, 0.1) is 24.6 Å². The van der Waals surface area contributed by atoms with Crippen molar-refractivity contribution in [2.75, 3.05) is 12.9 Å². The molecule has 3 heterocycles. The number of nitrogens with zero attached hydrogens (tertiary/aromatic N) is 5. The average Bonchev–Trinajstić information content (AvgIpc) is 3.56. The van der Waals surface area contributed by atoms with E-state index in [1.807, 2.05) is 66.7 Å². The molecule has 9 heteroatoms. The van der Waals surface area contributed by atoms with Gasteiger partial charge in [0.2, 0.25) is 5.16 Å². The lowest BCUT2D eigenvalue weighted by Crippen LogP contribution is -2.28. The number of benzene rings is 2. The Morgan fingerprint density at radius 2 is 1.82 bits per heavy atom. The fourth-order valence-corrected chi connectivity index (χ4v) is 4.42. The maximum absolute atomic E-state index is 13.3. The first-order valence-corrected chi connectivity index (χ1v) is 11.7. The third kappa shape index (κ3) is 4.69. The van der Waals surface area contributed by atoms with Crippen LogP contribution in [0.25, 0.3) is 11.4 Å². The van der Waals surface area contributed by atoms with Gasteiger partial charge in [0.1, 0.15) is 5.75 Å². The van der Waals surface area contributed by atoms with Crippen LogP contribution in [0, 0.1) is 0 Å². The number of rotatable bonds is 7. The van der Waals surface area contributed by atoms with Crippen LogP contribution in [0.1, 0.15) is 23.6 Å². The highest BCUT2D eigenvalue weighted by atomic mass is 32.2. The number of carbonyl (C=O) groups is 1. The monoisotopic (exact) mass is 470 g/mol. The van der Waals surface area contributed by atoms with E-state index in [-0.39, 0.29) is 17.7 Å². The lowest BCUT2D eigenvalue weighted by molar-refractivity contribution is -0.130. The number of aromatic nitrogens is 4. The predicted octanol–water partition coefficient (Wildman–Crippen LogP) is 4.35. The Morgan fingerprint density at radius 1 is 1.06 bits per heavy atom. The number of methoxy groups -OCH3 is 1. The minimum absolute atomic E-state index is 0.105. The second-order valence-corrected chi connectivity index (χ2v) is 8.58. The van der Waals surface area contributed by atoms with Crippen LogP contribution in [0.5, 0.6) is 5.75 Å². The zero-order chi connectivity index (χ0) is 23.3. The van der Waals surface area contributed by atoms with Gasteiger partial charge in [0, 0.05) is 24.4 Å². The summed E-state index contributed by atoms with van der Waals surface area (Å²) in [7, 11) is 1.64. The summed E-state index contributed by atoms with van der Waals surface area (Å²) in [6.45, 7) is 0. The van der Waals surface area contributed by atoms with Crippen LogP contribution in [0.15, 0.2) is 89.4 Å². The minimum atomic E-state index is -0.186. The number of nitrogens with one attached hydrogen (secondary N) is 1. The molecule has 2 aromatic heterocycles. The fraction of sp³-hybridized carbons (Fsp3) is 0.160. The normalized spacial score (nSPS) is 15.3. The Hall–Kier alpha value is -3.98. The molecular weight excluding hydrogens is 448 g/mol. The van der Waals surface area contributed by atoms with Gasteiger partial charge in [-0.05, 0) is 35.4 Å². The van der Waals surface area contributed by atoms with E-state index in [0.29, 0.717) is 17.4 Å². The maximum Gasteiger partial charge on any atom is 0.253 e. The van der Waals surface area contributed by atoms with Gasteiger partial charge in [-0.2, -0.15) is 5.10 Å². The smallest absolute Gasteiger partial charge is 0.253 e. The van der Waals surface area contributed by atoms with E-state index < -0.39 is 0 Å². The number of carbonyl (C=O) groups excluding carboxylic acids is 1. The van der Waals surface area contributed by atoms with Crippen molar-refractivity contribution in [3.05, 3.63) is 90.3 Å². The van der Waals surface area contributed by atoms with E-state index in [2.05, 4.69) is 20.2 Å². The van der Waals surface area contributed by atoms with Gasteiger partial charge in [-0.25, -0.2) is 9.99 Å². The summed E-state index contributed by atoms with van der Waals surface area (Å²) in [5.41, 5.74) is 3.79. The Kier molecular flexibility index (Phi) is 6.35. The molecule has 0 radical (unpaired) electrons. The number of H-pyrrole nitrogens is 1. The lowest BCUT2D eigenvalue weighted by Gasteiger charge is -2.22. The quantitative estimate of drug-likeness (QED) is 0.404. The molecule has 0 fully saturated rings. The number of aromatic amines is 1. The van der Waals surface area contributed by atoms with Crippen LogP contribution in [0.3, 0.4) is 0 Å². The molecule has 1 atom stereocenters. The molecule has 0 unspecified atom stereocenters. The average molecular weight is 471 g/mol. The standard InChI is InChI=1S/C25H22N6O2S/c1-33-20-9-7-18(8-10-20)22-15-21(17-5-3-2-4-6-17)30-31(22)23(32)16-34-25-27-24(28-29-25)19-11-13-26-14-12-19/h2-14,22H,15-16H2,1H3,(H,27,28,29)/t22-/m1/s1. The third-order valence-corrected chi connectivity index (χ3v) is 6.35. The maximum atomic E-state index is 13.3. The molecule has 2 aromatic carbocycles. The lowest BCUT2D eigenvalue weighted by atomic mass is 9.98. The van der Waals surface area contributed by atoms with Crippen molar-refractivity contribution >= 4 is 23.4 Å². The number of amides is 1. The van der Waals surface area contributed by atoms with Crippen LogP contribution in [-0.4, -0.2) is 49.7 Å². The van der Waals surface area contributed by atoms with E-state index in [1.165, 1.54) is 11.8 Å². The molecule has 8 nitrogen and oxygen atoms in total. The molecule has 34 heavy (non-hydrogen) atoms. The highest BCUT2D eigenvalue weighted by molar-refractivity contribution is 7.99. The van der Waals surface area contributed by atoms with Gasteiger partial charge < -0.3 is 4.74 Å². The first-order valence-electron chi connectivity index (χ1n) is 10.8. The fourth-order valence-electron chi connectivity index (χ4n) is 3.77. The molecule has 170 valence electrons. The Morgan fingerprint density at radius 3 is 2.56 bits per heavy atom. The molecule has 5 rings (SSSR count). The molecule has 1 amide bonds. The van der Waals surface area contributed by atoms with Gasteiger partial charge in [-0.15, -0.1) is 5.10 Å². The summed E-state index contributed by atoms with van der Waals surface area (Å²) < 4.78 is 5.29. The summed E-state index contributed by atoms with van der Waals surface area (Å²) in [5, 5.41) is 14.0. The van der Waals surface area contributed by atoms with Crippen molar-refractivity contribution in [3.63, 3.8) is 0 Å². The first kappa shape index (κ1) is 21.8. The topological polar surface area (TPSA) is 96.4 Å². The van der Waals surface area contributed by atoms with Crippen LogP contribution in [-0.2, 0) is 4.79 Å². The molecule has 1 N–H and O–H groups in total. The molecular formula is C25H22N6O2S. The van der Waals surface area contributed by atoms with Gasteiger partial charge in [-0.3, -0.25) is 14.9 Å². The zero-order valence-electron chi connectivity index (χ0n) is 18.5. The van der Waals surface area contributed by atoms with Crippen molar-refractivity contribution in [1.82, 2.24) is 25.2 Å². The molecule has 0 saturated heterocycles. The highest BCUT2D eigenvalue weighted by Gasteiger charge is 2.33. The van der Waals surface area contributed by atoms with Gasteiger partial charge in [0.15, 0.2) is 5.82 Å². The van der Waals surface area contributed by atoms with E-state index in [9.17, 15) is 4.79 Å². The summed E-state index contributed by atoms with van der Waals surface area (Å²) in [5.74, 6) is 1.48. The summed E-state index contributed by atoms with van der Waals surface area (Å²) in [6.07, 6.45) is 4.03. The van der Waals surface area contributed by atoms with Gasteiger partial charge in [-0.1, -0.05) is 54.2 Å². The van der Waals surface area contributed by atoms with Crippen LogP contribution >= 0.6 is 11.8 Å². The Balaban J connectivity index is 1.34. The number of pyridine rings is 1. The van der Waals surface area contributed by atoms with E-state index in [4.69, 9.17) is 9.84 Å². The number of thioether (sulfide) groups is 1. The van der Waals surface area contributed by atoms with Gasteiger partial charge >= 0.3 is 0 Å². The SMILES string of the molecule is COc1ccc([C@H]2CC(c3ccccc3)=NN2C(=O)CSc2n[nH]c(-c3ccncc3)n2)cc1. The van der Waals surface area contributed by atoms with Crippen LogP contribution in [0.2, 0.25) is 0 Å². The highest BCUT2D eigenvalue weighted by Crippen LogP contribution is 2.34. The van der Waals surface area contributed by atoms with E-state index in [1.54, 1.807) is 24.5 Å². The van der Waals surface area contributed by atoms with Crippen molar-refractivity contribution in [2.24, 2.45) is 5.10 Å². The molecule has 1 aliphatic rings. The molecule has 0 saturated carbocycles. The van der Waals surface area contributed by atoms with Crippen molar-refractivity contribution in [3.8, 4) is 17.1 Å². The zero-order valence-corrected chi connectivity index (χ0v) is 19.3. The molecule has 0 aliphatic carbocycles. The Labute approximate surface area is 201 Å². The summed E-state index contributed by atoms with van der Waals surface area (Å²) in [6, 6.07) is 21.2. The number of hydrogen-bond acceptors (Lipinski definition) is 7.